The molecule has 0 spiro atoms. The van der Waals surface area contributed by atoms with E-state index in [0.717, 1.165) is 37.4 Å². The number of methoxy groups -OCH3 is 1. The second kappa shape index (κ2) is 11.8. The van der Waals surface area contributed by atoms with Gasteiger partial charge in [0.1, 0.15) is 11.6 Å². The number of fused-ring (bicyclic) bond motifs is 2. The fraction of sp³-hybridized carbons (Fsp3) is 0.387. The zero-order chi connectivity index (χ0) is 28.4. The minimum Gasteiger partial charge on any atom is -0.495 e. The Morgan fingerprint density at radius 2 is 1.75 bits per heavy atom. The van der Waals surface area contributed by atoms with Crippen molar-refractivity contribution in [1.29, 1.82) is 0 Å². The van der Waals surface area contributed by atoms with Gasteiger partial charge in [0.2, 0.25) is 0 Å². The van der Waals surface area contributed by atoms with E-state index in [-0.39, 0.29) is 33.5 Å². The summed E-state index contributed by atoms with van der Waals surface area (Å²) in [5.41, 5.74) is 2.22. The molecule has 6 nitrogen and oxygen atoms in total. The maximum absolute atomic E-state index is 13.6. The molecule has 1 amide bonds. The fourth-order valence-electron chi connectivity index (χ4n) is 5.97. The first kappa shape index (κ1) is 28.4. The van der Waals surface area contributed by atoms with E-state index in [2.05, 4.69) is 17.0 Å². The molecule has 2 fully saturated rings. The van der Waals surface area contributed by atoms with Gasteiger partial charge in [-0.3, -0.25) is 4.79 Å². The third-order valence-corrected chi connectivity index (χ3v) is 10.7. The molecule has 3 aromatic rings. The monoisotopic (exact) mass is 584 g/mol. The molecule has 5 rings (SSSR count). The van der Waals surface area contributed by atoms with Gasteiger partial charge in [-0.25, -0.2) is 12.8 Å². The van der Waals surface area contributed by atoms with Crippen molar-refractivity contribution < 1.29 is 22.3 Å². The van der Waals surface area contributed by atoms with Gasteiger partial charge < -0.3 is 14.5 Å². The number of rotatable bonds is 9. The Bertz CT molecular complexity index is 1470. The number of sulfone groups is 1. The molecule has 0 aliphatic carbocycles. The fourth-order valence-corrected chi connectivity index (χ4v) is 7.69. The number of carbonyl (C=O) groups excluding carboxylic acids is 1. The highest BCUT2D eigenvalue weighted by atomic mass is 35.5. The van der Waals surface area contributed by atoms with E-state index in [1.807, 2.05) is 18.2 Å². The number of nitrogens with zero attached hydrogens (tertiary/aromatic N) is 2. The molecule has 212 valence electrons. The molecule has 0 saturated carbocycles. The van der Waals surface area contributed by atoms with Crippen LogP contribution in [0.4, 0.5) is 10.1 Å². The molecular formula is C31H34ClFN2O4S. The molecule has 0 aromatic heterocycles. The number of amides is 1. The molecule has 2 saturated heterocycles. The Hall–Kier alpha value is -3.10. The van der Waals surface area contributed by atoms with E-state index >= 15 is 0 Å². The number of anilines is 1. The number of benzene rings is 3. The van der Waals surface area contributed by atoms with Crippen molar-refractivity contribution in [2.45, 2.75) is 61.3 Å². The normalized spacial score (nSPS) is 19.5. The summed E-state index contributed by atoms with van der Waals surface area (Å²) >= 11 is 6.17. The average molecular weight is 585 g/mol. The van der Waals surface area contributed by atoms with Crippen molar-refractivity contribution in [3.8, 4) is 5.75 Å². The van der Waals surface area contributed by atoms with Crippen molar-refractivity contribution >= 4 is 33.0 Å². The standard InChI is InChI=1S/C31H34ClFN2O4S/c1-21(7-6-10-22-8-4-3-5-9-22)40(37,38)26-14-16-30(39-2)29(18-26)35-24-12-13-25(35)20-34(19-24)31(36)27-15-11-23(33)17-28(27)32/h3-5,8-9,11,14-18,21,24-25H,6-7,10,12-13,19-20H2,1-2H3/t21-,24-,25+/m0/s1. The third kappa shape index (κ3) is 5.70. The van der Waals surface area contributed by atoms with Crippen LogP contribution in [0.25, 0.3) is 0 Å². The van der Waals surface area contributed by atoms with Crippen LogP contribution in [-0.4, -0.2) is 56.8 Å². The van der Waals surface area contributed by atoms with Crippen LogP contribution < -0.4 is 9.64 Å². The molecule has 9 heteroatoms. The van der Waals surface area contributed by atoms with Gasteiger partial charge >= 0.3 is 0 Å². The molecule has 3 aromatic carbocycles. The van der Waals surface area contributed by atoms with Crippen molar-refractivity contribution in [2.75, 3.05) is 25.1 Å². The SMILES string of the molecule is COc1ccc(S(=O)(=O)[C@@H](C)CCCc2ccccc2)cc1N1[C@@H]2CC[C@H]1CN(C(=O)c1ccc(F)cc1Cl)C2. The number of aryl methyl sites for hydroxylation is 1. The summed E-state index contributed by atoms with van der Waals surface area (Å²) in [5.74, 6) is -0.109. The second-order valence-electron chi connectivity index (χ2n) is 10.7. The molecule has 2 heterocycles. The lowest BCUT2D eigenvalue weighted by Gasteiger charge is -2.43. The summed E-state index contributed by atoms with van der Waals surface area (Å²) < 4.78 is 46.4. The van der Waals surface area contributed by atoms with Gasteiger partial charge in [-0.1, -0.05) is 41.9 Å². The highest BCUT2D eigenvalue weighted by Gasteiger charge is 2.43. The molecule has 0 radical (unpaired) electrons. The average Bonchev–Trinajstić information content (AvgIpc) is 3.21. The summed E-state index contributed by atoms with van der Waals surface area (Å²) in [6.07, 6.45) is 3.91. The van der Waals surface area contributed by atoms with Crippen LogP contribution in [0, 0.1) is 5.82 Å². The van der Waals surface area contributed by atoms with Crippen LogP contribution in [0.3, 0.4) is 0 Å². The van der Waals surface area contributed by atoms with Gasteiger partial charge in [-0.2, -0.15) is 0 Å². The molecule has 0 N–H and O–H groups in total. The minimum atomic E-state index is -3.55. The van der Waals surface area contributed by atoms with E-state index in [0.29, 0.717) is 25.3 Å². The van der Waals surface area contributed by atoms with E-state index < -0.39 is 20.9 Å². The predicted octanol–water partition coefficient (Wildman–Crippen LogP) is 6.17. The Labute approximate surface area is 240 Å². The summed E-state index contributed by atoms with van der Waals surface area (Å²) in [6, 6.07) is 19.0. The summed E-state index contributed by atoms with van der Waals surface area (Å²) in [4.78, 5) is 17.5. The molecule has 2 aliphatic heterocycles. The highest BCUT2D eigenvalue weighted by molar-refractivity contribution is 7.92. The summed E-state index contributed by atoms with van der Waals surface area (Å²) in [6.45, 7) is 2.69. The highest BCUT2D eigenvalue weighted by Crippen LogP contribution is 2.41. The first-order valence-electron chi connectivity index (χ1n) is 13.7. The third-order valence-electron chi connectivity index (χ3n) is 8.14. The predicted molar refractivity (Wildman–Crippen MR) is 156 cm³/mol. The number of ether oxygens (including phenoxy) is 1. The van der Waals surface area contributed by atoms with Crippen molar-refractivity contribution in [2.24, 2.45) is 0 Å². The summed E-state index contributed by atoms with van der Waals surface area (Å²) in [5, 5.41) is -0.429. The number of halogens is 2. The molecule has 3 atom stereocenters. The van der Waals surface area contributed by atoms with E-state index in [4.69, 9.17) is 16.3 Å². The summed E-state index contributed by atoms with van der Waals surface area (Å²) in [7, 11) is -1.97. The number of hydrogen-bond donors (Lipinski definition) is 0. The van der Waals surface area contributed by atoms with Crippen LogP contribution in [0.5, 0.6) is 5.75 Å². The Balaban J connectivity index is 1.33. The Morgan fingerprint density at radius 1 is 1.05 bits per heavy atom. The number of carbonyl (C=O) groups is 1. The van der Waals surface area contributed by atoms with Crippen molar-refractivity contribution in [3.05, 3.63) is 88.7 Å². The second-order valence-corrected chi connectivity index (χ2v) is 13.5. The zero-order valence-electron chi connectivity index (χ0n) is 22.7. The van der Waals surface area contributed by atoms with Gasteiger partial charge in [0.05, 0.1) is 33.5 Å². The maximum atomic E-state index is 13.6. The van der Waals surface area contributed by atoms with Gasteiger partial charge in [0.15, 0.2) is 9.84 Å². The van der Waals surface area contributed by atoms with Crippen molar-refractivity contribution in [3.63, 3.8) is 0 Å². The molecule has 2 bridgehead atoms. The lowest BCUT2D eigenvalue weighted by molar-refractivity contribution is 0.0718. The topological polar surface area (TPSA) is 66.9 Å². The molecule has 0 unspecified atom stereocenters. The van der Waals surface area contributed by atoms with Crippen LogP contribution >= 0.6 is 11.6 Å². The van der Waals surface area contributed by atoms with Crippen LogP contribution in [0.1, 0.15) is 48.5 Å². The number of hydrogen-bond acceptors (Lipinski definition) is 5. The van der Waals surface area contributed by atoms with Gasteiger partial charge in [-0.15, -0.1) is 0 Å². The first-order valence-corrected chi connectivity index (χ1v) is 15.6. The Kier molecular flexibility index (Phi) is 8.38. The van der Waals surface area contributed by atoms with Crippen LogP contribution in [0.15, 0.2) is 71.6 Å². The van der Waals surface area contributed by atoms with E-state index in [1.54, 1.807) is 37.1 Å². The Morgan fingerprint density at radius 3 is 2.40 bits per heavy atom. The van der Waals surface area contributed by atoms with E-state index in [1.165, 1.54) is 17.7 Å². The largest absolute Gasteiger partial charge is 0.495 e. The van der Waals surface area contributed by atoms with Crippen molar-refractivity contribution in [1.82, 2.24) is 4.90 Å². The lowest BCUT2D eigenvalue weighted by atomic mass is 10.1. The number of likely N-dealkylation sites (tertiary alicyclic amines) is 1. The molecule has 2 aliphatic rings. The first-order chi connectivity index (χ1) is 19.2. The van der Waals surface area contributed by atoms with Gasteiger partial charge in [-0.05, 0) is 81.0 Å². The molecular weight excluding hydrogens is 551 g/mol. The smallest absolute Gasteiger partial charge is 0.255 e. The maximum Gasteiger partial charge on any atom is 0.255 e. The quantitative estimate of drug-likeness (QED) is 0.301. The lowest BCUT2D eigenvalue weighted by Crippen LogP contribution is -2.55. The van der Waals surface area contributed by atoms with Gasteiger partial charge in [0.25, 0.3) is 5.91 Å². The van der Waals surface area contributed by atoms with Gasteiger partial charge in [0, 0.05) is 25.2 Å². The van der Waals surface area contributed by atoms with E-state index in [9.17, 15) is 17.6 Å². The van der Waals surface area contributed by atoms with Crippen LogP contribution in [-0.2, 0) is 16.3 Å². The molecule has 40 heavy (non-hydrogen) atoms. The minimum absolute atomic E-state index is 0.00271. The zero-order valence-corrected chi connectivity index (χ0v) is 24.3. The number of piperazine rings is 1. The van der Waals surface area contributed by atoms with Crippen LogP contribution in [0.2, 0.25) is 5.02 Å².